The second-order valence-electron chi connectivity index (χ2n) is 14.7. The highest BCUT2D eigenvalue weighted by atomic mass is 19.1. The summed E-state index contributed by atoms with van der Waals surface area (Å²) in [6.07, 6.45) is 9.31. The van der Waals surface area contributed by atoms with Crippen LogP contribution in [0.5, 0.6) is 11.8 Å². The van der Waals surface area contributed by atoms with E-state index >= 15 is 8.78 Å². The number of aliphatic hydroxyl groups is 1. The number of aromatic nitrogens is 3. The van der Waals surface area contributed by atoms with E-state index < -0.39 is 17.2 Å². The Labute approximate surface area is 284 Å². The van der Waals surface area contributed by atoms with Gasteiger partial charge in [0, 0.05) is 48.3 Å². The van der Waals surface area contributed by atoms with E-state index in [2.05, 4.69) is 14.9 Å². The molecule has 10 nitrogen and oxygen atoms in total. The van der Waals surface area contributed by atoms with E-state index in [1.807, 2.05) is 4.90 Å². The van der Waals surface area contributed by atoms with Crippen molar-refractivity contribution in [2.24, 2.45) is 5.41 Å². The molecule has 12 heteroatoms. The number of methoxy groups -OCH3 is 1. The molecule has 0 radical (unpaired) electrons. The molecule has 49 heavy (non-hydrogen) atoms. The van der Waals surface area contributed by atoms with Crippen molar-refractivity contribution in [1.82, 2.24) is 19.9 Å². The average Bonchev–Trinajstić information content (AvgIpc) is 3.41. The van der Waals surface area contributed by atoms with Crippen LogP contribution in [-0.2, 0) is 9.47 Å². The number of anilines is 1. The van der Waals surface area contributed by atoms with Gasteiger partial charge in [0.15, 0.2) is 5.82 Å². The van der Waals surface area contributed by atoms with Crippen molar-refractivity contribution >= 4 is 27.5 Å². The normalized spacial score (nSPS) is 29.2. The summed E-state index contributed by atoms with van der Waals surface area (Å²) >= 11 is 0. The number of hydrogen-bond donors (Lipinski definition) is 2. The highest BCUT2D eigenvalue weighted by Crippen LogP contribution is 2.50. The molecule has 4 heterocycles. The second-order valence-corrected chi connectivity index (χ2v) is 14.7. The van der Waals surface area contributed by atoms with Crippen LogP contribution in [0.1, 0.15) is 51.9 Å². The number of likely N-dealkylation sites (tertiary alicyclic amines) is 1. The number of nitrogens with zero attached hydrogens (tertiary/aromatic N) is 5. The molecule has 4 fully saturated rings. The zero-order chi connectivity index (χ0) is 33.9. The molecule has 4 aromatic rings. The summed E-state index contributed by atoms with van der Waals surface area (Å²) in [4.78, 5) is 18.5. The smallest absolute Gasteiger partial charge is 0.319 e. The minimum absolute atomic E-state index is 0.0338. The van der Waals surface area contributed by atoms with Crippen molar-refractivity contribution in [3.8, 4) is 23.0 Å². The molecule has 2 aromatic carbocycles. The summed E-state index contributed by atoms with van der Waals surface area (Å²) in [5, 5.41) is 22.4. The lowest BCUT2D eigenvalue weighted by atomic mass is 9.73. The molecule has 0 spiro atoms. The number of β-amino-alcohol motifs (C(OH)–C–C–N with tert-alkyl or cyclic N) is 1. The van der Waals surface area contributed by atoms with E-state index in [0.29, 0.717) is 54.5 Å². The lowest BCUT2D eigenvalue weighted by molar-refractivity contribution is -0.0845. The Kier molecular flexibility index (Phi) is 8.33. The van der Waals surface area contributed by atoms with Gasteiger partial charge in [0.05, 0.1) is 37.9 Å². The molecular formula is C37H43F2N5O5. The Morgan fingerprint density at radius 1 is 1.10 bits per heavy atom. The van der Waals surface area contributed by atoms with Crippen LogP contribution in [0.25, 0.3) is 32.9 Å². The Morgan fingerprint density at radius 2 is 1.94 bits per heavy atom. The first-order chi connectivity index (χ1) is 23.6. The predicted molar refractivity (Wildman–Crippen MR) is 181 cm³/mol. The van der Waals surface area contributed by atoms with Gasteiger partial charge in [0.25, 0.3) is 0 Å². The Morgan fingerprint density at radius 3 is 2.78 bits per heavy atom. The van der Waals surface area contributed by atoms with Crippen LogP contribution in [0.3, 0.4) is 0 Å². The molecule has 2 aromatic heterocycles. The molecule has 3 atom stereocenters. The summed E-state index contributed by atoms with van der Waals surface area (Å²) in [6.45, 7) is 4.25. The topological polar surface area (TPSA) is 113 Å². The van der Waals surface area contributed by atoms with Gasteiger partial charge < -0.3 is 29.3 Å². The molecule has 0 amide bonds. The number of fused-ring (bicyclic) bond motifs is 3. The van der Waals surface area contributed by atoms with Crippen LogP contribution in [0.2, 0.25) is 0 Å². The third-order valence-electron chi connectivity index (χ3n) is 11.3. The van der Waals surface area contributed by atoms with Crippen LogP contribution < -0.4 is 9.64 Å². The van der Waals surface area contributed by atoms with Gasteiger partial charge in [-0.2, -0.15) is 9.97 Å². The zero-order valence-corrected chi connectivity index (χ0v) is 28.0. The number of pyridine rings is 1. The Balaban J connectivity index is 1.20. The van der Waals surface area contributed by atoms with Crippen molar-refractivity contribution in [3.63, 3.8) is 0 Å². The van der Waals surface area contributed by atoms with Crippen molar-refractivity contribution in [3.05, 3.63) is 48.2 Å². The fourth-order valence-corrected chi connectivity index (χ4v) is 8.84. The quantitative estimate of drug-likeness (QED) is 0.257. The number of hydrogen-bond acceptors (Lipinski definition) is 10. The third kappa shape index (κ3) is 5.86. The van der Waals surface area contributed by atoms with E-state index in [1.165, 1.54) is 30.5 Å². The van der Waals surface area contributed by atoms with E-state index in [1.54, 1.807) is 20.1 Å². The third-order valence-corrected chi connectivity index (χ3v) is 11.3. The standard InChI is InChI=1S/C37H43F2N5O5/c1-36(46)19-43(12-13-48-20-36)34-27-18-40-32(26-17-24(45)14-22-6-3-7-28(38)30(22)26)31(39)33(27)41-35(42-34)49-21-37-9-4-8-29(37)44(11-5-10-37)23-15-25(16-23)47-2/h3,6-7,14,17-18,23,25,29,45-46H,4-5,8-13,15-16,19-21H2,1-2H3/t23?,25?,29-,36+,37-/m1/s1. The van der Waals surface area contributed by atoms with Crippen molar-refractivity contribution < 1.29 is 33.2 Å². The summed E-state index contributed by atoms with van der Waals surface area (Å²) < 4.78 is 49.8. The first kappa shape index (κ1) is 32.5. The number of rotatable bonds is 7. The average molecular weight is 676 g/mol. The molecule has 260 valence electrons. The van der Waals surface area contributed by atoms with Crippen molar-refractivity contribution in [2.45, 2.75) is 75.7 Å². The molecule has 0 bridgehead atoms. The number of halogens is 2. The summed E-state index contributed by atoms with van der Waals surface area (Å²) in [6, 6.07) is 8.19. The van der Waals surface area contributed by atoms with Crippen LogP contribution in [0.15, 0.2) is 36.5 Å². The van der Waals surface area contributed by atoms with Gasteiger partial charge in [0.1, 0.15) is 34.2 Å². The van der Waals surface area contributed by atoms with Gasteiger partial charge in [0.2, 0.25) is 0 Å². The van der Waals surface area contributed by atoms with Gasteiger partial charge in [-0.25, -0.2) is 8.78 Å². The molecule has 2 saturated carbocycles. The maximum atomic E-state index is 16.8. The van der Waals surface area contributed by atoms with Crippen LogP contribution in [0, 0.1) is 17.0 Å². The van der Waals surface area contributed by atoms with E-state index in [4.69, 9.17) is 19.2 Å². The molecule has 2 saturated heterocycles. The highest BCUT2D eigenvalue weighted by Gasteiger charge is 2.51. The second kappa shape index (κ2) is 12.6. The Hall–Kier alpha value is -3.71. The van der Waals surface area contributed by atoms with Gasteiger partial charge in [-0.05, 0) is 75.6 Å². The maximum Gasteiger partial charge on any atom is 0.319 e. The fourth-order valence-electron chi connectivity index (χ4n) is 8.84. The first-order valence-electron chi connectivity index (χ1n) is 17.4. The lowest BCUT2D eigenvalue weighted by Crippen LogP contribution is -2.59. The first-order valence-corrected chi connectivity index (χ1v) is 17.4. The predicted octanol–water partition coefficient (Wildman–Crippen LogP) is 5.61. The summed E-state index contributed by atoms with van der Waals surface area (Å²) in [5.41, 5.74) is -1.30. The molecule has 4 aliphatic rings. The van der Waals surface area contributed by atoms with Crippen molar-refractivity contribution in [2.75, 3.05) is 51.5 Å². The SMILES string of the molecule is COC1CC(N2CCC[C@@]3(COc4nc(N5CCOC[C@@](C)(O)C5)c5cnc(-c6cc(O)cc7cccc(F)c67)c(F)c5n4)CCC[C@@H]23)C1. The minimum atomic E-state index is -1.18. The van der Waals surface area contributed by atoms with E-state index in [0.717, 1.165) is 51.5 Å². The van der Waals surface area contributed by atoms with Crippen LogP contribution in [-0.4, -0.2) is 100 Å². The fraction of sp³-hybridized carbons (Fsp3) is 0.541. The number of phenols is 1. The Bertz CT molecular complexity index is 1890. The zero-order valence-electron chi connectivity index (χ0n) is 28.0. The minimum Gasteiger partial charge on any atom is -0.508 e. The number of aromatic hydroxyl groups is 1. The van der Waals surface area contributed by atoms with Gasteiger partial charge in [-0.1, -0.05) is 18.6 Å². The molecule has 8 rings (SSSR count). The van der Waals surface area contributed by atoms with E-state index in [-0.39, 0.29) is 52.5 Å². The van der Waals surface area contributed by atoms with Crippen LogP contribution >= 0.6 is 0 Å². The van der Waals surface area contributed by atoms with Crippen LogP contribution in [0.4, 0.5) is 14.6 Å². The van der Waals surface area contributed by atoms with E-state index in [9.17, 15) is 10.2 Å². The van der Waals surface area contributed by atoms with Crippen molar-refractivity contribution in [1.29, 1.82) is 0 Å². The number of benzene rings is 2. The largest absolute Gasteiger partial charge is 0.508 e. The molecule has 2 aliphatic carbocycles. The monoisotopic (exact) mass is 675 g/mol. The lowest BCUT2D eigenvalue weighted by Gasteiger charge is -2.53. The van der Waals surface area contributed by atoms with Gasteiger partial charge in [-0.15, -0.1) is 0 Å². The summed E-state index contributed by atoms with van der Waals surface area (Å²) in [5.74, 6) is -1.10. The summed E-state index contributed by atoms with van der Waals surface area (Å²) in [7, 11) is 1.79. The molecule has 2 aliphatic heterocycles. The molecular weight excluding hydrogens is 632 g/mol. The highest BCUT2D eigenvalue weighted by molar-refractivity contribution is 6.00. The number of piperidine rings is 1. The van der Waals surface area contributed by atoms with Gasteiger partial charge in [-0.3, -0.25) is 9.88 Å². The molecule has 2 N–H and O–H groups in total. The van der Waals surface area contributed by atoms with Gasteiger partial charge >= 0.3 is 6.01 Å². The molecule has 0 unspecified atom stereocenters. The number of phenolic OH excluding ortho intramolecular Hbond substituents is 1. The number of ether oxygens (including phenoxy) is 3. The maximum absolute atomic E-state index is 16.8.